The predicted octanol–water partition coefficient (Wildman–Crippen LogP) is 2.17. The van der Waals surface area contributed by atoms with Crippen molar-refractivity contribution >= 4 is 11.6 Å². The van der Waals surface area contributed by atoms with Crippen LogP contribution in [0.3, 0.4) is 0 Å². The fourth-order valence-electron chi connectivity index (χ4n) is 2.65. The van der Waals surface area contributed by atoms with E-state index >= 15 is 0 Å². The normalized spacial score (nSPS) is 17.6. The van der Waals surface area contributed by atoms with Crippen LogP contribution < -0.4 is 14.4 Å². The fourth-order valence-corrected chi connectivity index (χ4v) is 2.65. The quantitative estimate of drug-likeness (QED) is 0.841. The van der Waals surface area contributed by atoms with Crippen LogP contribution >= 0.6 is 0 Å². The van der Waals surface area contributed by atoms with E-state index in [9.17, 15) is 4.79 Å². The summed E-state index contributed by atoms with van der Waals surface area (Å²) in [6.45, 7) is 2.46. The van der Waals surface area contributed by atoms with Gasteiger partial charge in [-0.05, 0) is 0 Å². The summed E-state index contributed by atoms with van der Waals surface area (Å²) in [5, 5.41) is 3.90. The molecule has 7 nitrogen and oxygen atoms in total. The Bertz CT molecular complexity index is 691. The van der Waals surface area contributed by atoms with Crippen LogP contribution in [0.25, 0.3) is 0 Å². The maximum Gasteiger partial charge on any atom is 0.232 e. The highest BCUT2D eigenvalue weighted by Crippen LogP contribution is 2.35. The highest BCUT2D eigenvalue weighted by atomic mass is 16.5. The first-order chi connectivity index (χ1) is 11.1. The Balaban J connectivity index is 1.85. The molecule has 1 aliphatic rings. The zero-order valence-electron chi connectivity index (χ0n) is 13.4. The minimum atomic E-state index is -0.0903. The minimum Gasteiger partial charge on any atom is -0.497 e. The number of aryl methyl sites for hydroxylation is 1. The van der Waals surface area contributed by atoms with Crippen LogP contribution in [0.5, 0.6) is 11.5 Å². The molecule has 0 aliphatic carbocycles. The van der Waals surface area contributed by atoms with E-state index in [0.717, 1.165) is 5.69 Å². The van der Waals surface area contributed by atoms with Crippen LogP contribution in [0.4, 0.5) is 5.69 Å². The summed E-state index contributed by atoms with van der Waals surface area (Å²) >= 11 is 0. The van der Waals surface area contributed by atoms with Gasteiger partial charge in [-0.15, -0.1) is 0 Å². The Morgan fingerprint density at radius 2 is 1.96 bits per heavy atom. The number of carbonyl (C=O) groups is 1. The lowest BCUT2D eigenvalue weighted by Gasteiger charge is -2.18. The van der Waals surface area contributed by atoms with E-state index < -0.39 is 0 Å². The molecule has 0 saturated carbocycles. The Kier molecular flexibility index (Phi) is 4.18. The molecule has 7 heteroatoms. The highest BCUT2D eigenvalue weighted by molar-refractivity contribution is 5.96. The molecular formula is C16H19N3O4. The second kappa shape index (κ2) is 6.28. The summed E-state index contributed by atoms with van der Waals surface area (Å²) in [5.74, 6) is 2.39. The Morgan fingerprint density at radius 3 is 2.52 bits per heavy atom. The molecule has 23 heavy (non-hydrogen) atoms. The molecule has 2 aromatic rings. The number of anilines is 1. The van der Waals surface area contributed by atoms with E-state index in [1.54, 1.807) is 25.2 Å². The van der Waals surface area contributed by atoms with Gasteiger partial charge in [0.2, 0.25) is 11.8 Å². The summed E-state index contributed by atoms with van der Waals surface area (Å²) in [5.41, 5.74) is 0.740. The van der Waals surface area contributed by atoms with Gasteiger partial charge in [0.05, 0.1) is 25.8 Å². The second-order valence-corrected chi connectivity index (χ2v) is 5.38. The number of hydrogen-bond acceptors (Lipinski definition) is 6. The largest absolute Gasteiger partial charge is 0.497 e. The van der Waals surface area contributed by atoms with Gasteiger partial charge < -0.3 is 18.9 Å². The summed E-state index contributed by atoms with van der Waals surface area (Å²) < 4.78 is 15.8. The highest BCUT2D eigenvalue weighted by Gasteiger charge is 2.35. The van der Waals surface area contributed by atoms with E-state index in [4.69, 9.17) is 14.0 Å². The van der Waals surface area contributed by atoms with Gasteiger partial charge in [0, 0.05) is 37.6 Å². The second-order valence-electron chi connectivity index (χ2n) is 5.38. The van der Waals surface area contributed by atoms with E-state index in [0.29, 0.717) is 42.6 Å². The summed E-state index contributed by atoms with van der Waals surface area (Å²) in [6.07, 6.45) is 1.06. The SMILES string of the molecule is CCc1noc(C2CC(=O)N(c3cc(OC)cc(OC)c3)C2)n1. The van der Waals surface area contributed by atoms with Crippen molar-refractivity contribution in [3.05, 3.63) is 29.9 Å². The van der Waals surface area contributed by atoms with Gasteiger partial charge in [-0.25, -0.2) is 0 Å². The molecule has 2 heterocycles. The topological polar surface area (TPSA) is 77.7 Å². The molecule has 0 N–H and O–H groups in total. The van der Waals surface area contributed by atoms with Gasteiger partial charge in [-0.2, -0.15) is 4.98 Å². The average molecular weight is 317 g/mol. The first-order valence-electron chi connectivity index (χ1n) is 7.50. The van der Waals surface area contributed by atoms with Crippen molar-refractivity contribution < 1.29 is 18.8 Å². The third-order valence-electron chi connectivity index (χ3n) is 3.92. The lowest BCUT2D eigenvalue weighted by molar-refractivity contribution is -0.117. The molecular weight excluding hydrogens is 298 g/mol. The molecule has 1 amide bonds. The first-order valence-corrected chi connectivity index (χ1v) is 7.50. The number of amides is 1. The van der Waals surface area contributed by atoms with Crippen LogP contribution in [-0.2, 0) is 11.2 Å². The molecule has 1 aliphatic heterocycles. The molecule has 3 rings (SSSR count). The Morgan fingerprint density at radius 1 is 1.26 bits per heavy atom. The number of benzene rings is 1. The van der Waals surface area contributed by atoms with Gasteiger partial charge in [-0.3, -0.25) is 4.79 Å². The van der Waals surface area contributed by atoms with E-state index in [2.05, 4.69) is 10.1 Å². The third kappa shape index (κ3) is 2.99. The standard InChI is InChI=1S/C16H19N3O4/c1-4-14-17-16(23-18-14)10-5-15(20)19(9-10)11-6-12(21-2)8-13(7-11)22-3/h6-8,10H,4-5,9H2,1-3H3. The number of nitrogens with zero attached hydrogens (tertiary/aromatic N) is 3. The van der Waals surface area contributed by atoms with E-state index in [1.807, 2.05) is 19.1 Å². The van der Waals surface area contributed by atoms with Gasteiger partial charge in [-0.1, -0.05) is 12.1 Å². The molecule has 1 atom stereocenters. The van der Waals surface area contributed by atoms with E-state index in [1.165, 1.54) is 0 Å². The van der Waals surface area contributed by atoms with Crippen molar-refractivity contribution in [2.75, 3.05) is 25.7 Å². The monoisotopic (exact) mass is 317 g/mol. The summed E-state index contributed by atoms with van der Waals surface area (Å²) in [7, 11) is 3.16. The number of aromatic nitrogens is 2. The average Bonchev–Trinajstić information content (AvgIpc) is 3.20. The van der Waals surface area contributed by atoms with Gasteiger partial charge in [0.1, 0.15) is 11.5 Å². The number of hydrogen-bond donors (Lipinski definition) is 0. The molecule has 1 aromatic carbocycles. The minimum absolute atomic E-state index is 0.0153. The van der Waals surface area contributed by atoms with Gasteiger partial charge in [0.15, 0.2) is 5.82 Å². The van der Waals surface area contributed by atoms with Crippen LogP contribution in [0.15, 0.2) is 22.7 Å². The number of rotatable bonds is 5. The van der Waals surface area contributed by atoms with Crippen LogP contribution in [0, 0.1) is 0 Å². The number of carbonyl (C=O) groups excluding carboxylic acids is 1. The third-order valence-corrected chi connectivity index (χ3v) is 3.92. The number of methoxy groups -OCH3 is 2. The van der Waals surface area contributed by atoms with Gasteiger partial charge >= 0.3 is 0 Å². The Labute approximate surface area is 134 Å². The smallest absolute Gasteiger partial charge is 0.232 e. The number of ether oxygens (including phenoxy) is 2. The van der Waals surface area contributed by atoms with Crippen molar-refractivity contribution in [2.45, 2.75) is 25.7 Å². The maximum atomic E-state index is 12.4. The van der Waals surface area contributed by atoms with Crippen molar-refractivity contribution in [1.29, 1.82) is 0 Å². The lowest BCUT2D eigenvalue weighted by atomic mass is 10.1. The zero-order valence-corrected chi connectivity index (χ0v) is 13.4. The van der Waals surface area contributed by atoms with Crippen molar-refractivity contribution in [3.63, 3.8) is 0 Å². The summed E-state index contributed by atoms with van der Waals surface area (Å²) in [6, 6.07) is 5.40. The predicted molar refractivity (Wildman–Crippen MR) is 82.9 cm³/mol. The summed E-state index contributed by atoms with van der Waals surface area (Å²) in [4.78, 5) is 18.4. The van der Waals surface area contributed by atoms with Crippen molar-refractivity contribution in [3.8, 4) is 11.5 Å². The first kappa shape index (κ1) is 15.3. The molecule has 1 fully saturated rings. The fraction of sp³-hybridized carbons (Fsp3) is 0.438. The molecule has 0 spiro atoms. The Hall–Kier alpha value is -2.57. The molecule has 1 aromatic heterocycles. The zero-order chi connectivity index (χ0) is 16.4. The van der Waals surface area contributed by atoms with Crippen molar-refractivity contribution in [1.82, 2.24) is 10.1 Å². The lowest BCUT2D eigenvalue weighted by Crippen LogP contribution is -2.24. The van der Waals surface area contributed by atoms with E-state index in [-0.39, 0.29) is 11.8 Å². The molecule has 0 radical (unpaired) electrons. The molecule has 122 valence electrons. The van der Waals surface area contributed by atoms with Crippen LogP contribution in [-0.4, -0.2) is 36.8 Å². The molecule has 1 saturated heterocycles. The van der Waals surface area contributed by atoms with Gasteiger partial charge in [0.25, 0.3) is 0 Å². The maximum absolute atomic E-state index is 12.4. The van der Waals surface area contributed by atoms with Crippen molar-refractivity contribution in [2.24, 2.45) is 0 Å². The van der Waals surface area contributed by atoms with Crippen LogP contribution in [0.2, 0.25) is 0 Å². The molecule has 1 unspecified atom stereocenters. The van der Waals surface area contributed by atoms with Crippen LogP contribution in [0.1, 0.15) is 31.0 Å². The molecule has 0 bridgehead atoms.